The normalized spacial score (nSPS) is 11.6. The van der Waals surface area contributed by atoms with Crippen molar-refractivity contribution in [3.8, 4) is 0 Å². The Morgan fingerprint density at radius 1 is 1.29 bits per heavy atom. The summed E-state index contributed by atoms with van der Waals surface area (Å²) in [6.45, 7) is 0.117. The number of carboxylic acids is 1. The van der Waals surface area contributed by atoms with E-state index < -0.39 is 18.6 Å². The molecule has 0 aliphatic carbocycles. The van der Waals surface area contributed by atoms with E-state index >= 15 is 0 Å². The Labute approximate surface area is 117 Å². The molecule has 1 heterocycles. The molecule has 2 aromatic rings. The van der Waals surface area contributed by atoms with Crippen molar-refractivity contribution in [1.29, 1.82) is 0 Å². The Balaban J connectivity index is 2.12. The smallest absolute Gasteiger partial charge is 0.389 e. The highest BCUT2D eigenvalue weighted by Gasteiger charge is 2.25. The van der Waals surface area contributed by atoms with E-state index in [1.54, 1.807) is 0 Å². The SMILES string of the molecule is O=C(O)c1ccc2c(NCCCC(F)(F)F)ncnc2c1. The van der Waals surface area contributed by atoms with E-state index in [0.717, 1.165) is 0 Å². The second-order valence-corrected chi connectivity index (χ2v) is 4.40. The summed E-state index contributed by atoms with van der Waals surface area (Å²) in [6, 6.07) is 4.32. The molecule has 2 N–H and O–H groups in total. The molecule has 0 aliphatic heterocycles. The molecule has 0 saturated carbocycles. The molecule has 0 amide bonds. The number of hydrogen-bond donors (Lipinski definition) is 2. The third kappa shape index (κ3) is 4.04. The van der Waals surface area contributed by atoms with Crippen molar-refractivity contribution in [1.82, 2.24) is 9.97 Å². The number of aromatic nitrogens is 2. The molecule has 1 aromatic heterocycles. The molecule has 0 bridgehead atoms. The Morgan fingerprint density at radius 3 is 2.71 bits per heavy atom. The lowest BCUT2D eigenvalue weighted by Gasteiger charge is -2.09. The van der Waals surface area contributed by atoms with Gasteiger partial charge in [0.25, 0.3) is 0 Å². The molecule has 2 rings (SSSR count). The van der Waals surface area contributed by atoms with Crippen LogP contribution in [0, 0.1) is 0 Å². The molecule has 21 heavy (non-hydrogen) atoms. The molecule has 0 aliphatic rings. The monoisotopic (exact) mass is 299 g/mol. The second kappa shape index (κ2) is 5.94. The van der Waals surface area contributed by atoms with Gasteiger partial charge in [-0.25, -0.2) is 14.8 Å². The van der Waals surface area contributed by atoms with Crippen molar-refractivity contribution in [2.24, 2.45) is 0 Å². The molecule has 8 heteroatoms. The predicted molar refractivity (Wildman–Crippen MR) is 70.3 cm³/mol. The highest BCUT2D eigenvalue weighted by Crippen LogP contribution is 2.23. The van der Waals surface area contributed by atoms with E-state index in [0.29, 0.717) is 16.7 Å². The quantitative estimate of drug-likeness (QED) is 0.830. The summed E-state index contributed by atoms with van der Waals surface area (Å²) in [6.07, 6.45) is -3.87. The summed E-state index contributed by atoms with van der Waals surface area (Å²) >= 11 is 0. The maximum atomic E-state index is 12.0. The number of halogens is 3. The average molecular weight is 299 g/mol. The van der Waals surface area contributed by atoms with Crippen LogP contribution in [0.15, 0.2) is 24.5 Å². The molecule has 5 nitrogen and oxygen atoms in total. The van der Waals surface area contributed by atoms with Gasteiger partial charge in [-0.15, -0.1) is 0 Å². The first-order valence-electron chi connectivity index (χ1n) is 6.15. The lowest BCUT2D eigenvalue weighted by atomic mass is 10.1. The van der Waals surface area contributed by atoms with Crippen molar-refractivity contribution in [3.05, 3.63) is 30.1 Å². The summed E-state index contributed by atoms with van der Waals surface area (Å²) in [7, 11) is 0. The number of rotatable bonds is 5. The molecular weight excluding hydrogens is 287 g/mol. The third-order valence-corrected chi connectivity index (χ3v) is 2.81. The molecule has 0 spiro atoms. The topological polar surface area (TPSA) is 75.1 Å². The number of carboxylic acid groups (broad SMARTS) is 1. The maximum absolute atomic E-state index is 12.0. The second-order valence-electron chi connectivity index (χ2n) is 4.40. The number of hydrogen-bond acceptors (Lipinski definition) is 4. The van der Waals surface area contributed by atoms with Crippen LogP contribution >= 0.6 is 0 Å². The van der Waals surface area contributed by atoms with Gasteiger partial charge in [0.15, 0.2) is 0 Å². The average Bonchev–Trinajstić information content (AvgIpc) is 2.42. The van der Waals surface area contributed by atoms with E-state index in [1.165, 1.54) is 24.5 Å². The largest absolute Gasteiger partial charge is 0.478 e. The molecule has 0 radical (unpaired) electrons. The first kappa shape index (κ1) is 15.0. The van der Waals surface area contributed by atoms with Crippen LogP contribution in [0.4, 0.5) is 19.0 Å². The minimum absolute atomic E-state index is 0.0673. The number of nitrogens with zero attached hydrogens (tertiary/aromatic N) is 2. The zero-order chi connectivity index (χ0) is 15.5. The summed E-state index contributed by atoms with van der Waals surface area (Å²) in [5, 5.41) is 12.3. The molecule has 0 unspecified atom stereocenters. The Bertz CT molecular complexity index is 659. The van der Waals surface area contributed by atoms with Gasteiger partial charge in [-0.05, 0) is 24.6 Å². The number of carbonyl (C=O) groups is 1. The predicted octanol–water partition coefficient (Wildman–Crippen LogP) is 3.08. The van der Waals surface area contributed by atoms with E-state index in [-0.39, 0.29) is 18.5 Å². The summed E-state index contributed by atoms with van der Waals surface area (Å²) in [5.41, 5.74) is 0.507. The molecule has 0 fully saturated rings. The van der Waals surface area contributed by atoms with Crippen LogP contribution in [-0.2, 0) is 0 Å². The maximum Gasteiger partial charge on any atom is 0.389 e. The molecule has 1 aromatic carbocycles. The van der Waals surface area contributed by atoms with Crippen LogP contribution in [0.5, 0.6) is 0 Å². The van der Waals surface area contributed by atoms with Gasteiger partial charge in [0.2, 0.25) is 0 Å². The van der Waals surface area contributed by atoms with Crippen LogP contribution in [0.3, 0.4) is 0 Å². The fraction of sp³-hybridized carbons (Fsp3) is 0.308. The van der Waals surface area contributed by atoms with Gasteiger partial charge in [-0.3, -0.25) is 0 Å². The third-order valence-electron chi connectivity index (χ3n) is 2.81. The van der Waals surface area contributed by atoms with Crippen molar-refractivity contribution in [2.75, 3.05) is 11.9 Å². The Hall–Kier alpha value is -2.38. The number of alkyl halides is 3. The summed E-state index contributed by atoms with van der Waals surface area (Å²) in [5.74, 6) is -0.686. The summed E-state index contributed by atoms with van der Waals surface area (Å²) < 4.78 is 36.1. The fourth-order valence-electron chi connectivity index (χ4n) is 1.83. The van der Waals surface area contributed by atoms with E-state index in [1.807, 2.05) is 0 Å². The molecule has 0 saturated heterocycles. The highest BCUT2D eigenvalue weighted by atomic mass is 19.4. The van der Waals surface area contributed by atoms with Crippen molar-refractivity contribution in [2.45, 2.75) is 19.0 Å². The minimum atomic E-state index is -4.17. The number of aromatic carboxylic acids is 1. The van der Waals surface area contributed by atoms with Crippen LogP contribution in [-0.4, -0.2) is 33.8 Å². The van der Waals surface area contributed by atoms with Crippen molar-refractivity contribution < 1.29 is 23.1 Å². The first-order valence-corrected chi connectivity index (χ1v) is 6.15. The van der Waals surface area contributed by atoms with Gasteiger partial charge < -0.3 is 10.4 Å². The van der Waals surface area contributed by atoms with Gasteiger partial charge >= 0.3 is 12.1 Å². The lowest BCUT2D eigenvalue weighted by molar-refractivity contribution is -0.134. The summed E-state index contributed by atoms with van der Waals surface area (Å²) in [4.78, 5) is 18.8. The van der Waals surface area contributed by atoms with E-state index in [9.17, 15) is 18.0 Å². The Morgan fingerprint density at radius 2 is 2.05 bits per heavy atom. The van der Waals surface area contributed by atoms with Crippen LogP contribution < -0.4 is 5.32 Å². The van der Waals surface area contributed by atoms with Gasteiger partial charge in [0.05, 0.1) is 11.1 Å². The first-order chi connectivity index (χ1) is 9.87. The van der Waals surface area contributed by atoms with E-state index in [2.05, 4.69) is 15.3 Å². The number of anilines is 1. The number of nitrogens with one attached hydrogen (secondary N) is 1. The highest BCUT2D eigenvalue weighted by molar-refractivity contribution is 5.96. The van der Waals surface area contributed by atoms with Crippen molar-refractivity contribution >= 4 is 22.7 Å². The molecule has 112 valence electrons. The number of fused-ring (bicyclic) bond motifs is 1. The van der Waals surface area contributed by atoms with Gasteiger partial charge in [0, 0.05) is 18.4 Å². The minimum Gasteiger partial charge on any atom is -0.478 e. The van der Waals surface area contributed by atoms with Crippen molar-refractivity contribution in [3.63, 3.8) is 0 Å². The molecule has 0 atom stereocenters. The van der Waals surface area contributed by atoms with Crippen LogP contribution in [0.2, 0.25) is 0 Å². The fourth-order valence-corrected chi connectivity index (χ4v) is 1.83. The molecular formula is C13H12F3N3O2. The van der Waals surface area contributed by atoms with Crippen LogP contribution in [0.1, 0.15) is 23.2 Å². The zero-order valence-corrected chi connectivity index (χ0v) is 10.8. The standard InChI is InChI=1S/C13H12F3N3O2/c14-13(15,16)4-1-5-17-11-9-3-2-8(12(20)21)6-10(9)18-7-19-11/h2-3,6-7H,1,4-5H2,(H,20,21)(H,17,18,19). The van der Waals surface area contributed by atoms with E-state index in [4.69, 9.17) is 5.11 Å². The lowest BCUT2D eigenvalue weighted by Crippen LogP contribution is -2.11. The zero-order valence-electron chi connectivity index (χ0n) is 10.8. The van der Waals surface area contributed by atoms with Crippen LogP contribution in [0.25, 0.3) is 10.9 Å². The van der Waals surface area contributed by atoms with Gasteiger partial charge in [-0.2, -0.15) is 13.2 Å². The van der Waals surface area contributed by atoms with Gasteiger partial charge in [-0.1, -0.05) is 0 Å². The number of benzene rings is 1. The Kier molecular flexibility index (Phi) is 4.25. The van der Waals surface area contributed by atoms with Gasteiger partial charge in [0.1, 0.15) is 12.1 Å².